The molecule has 0 saturated heterocycles. The molecule has 6 heteroatoms. The zero-order chi connectivity index (χ0) is 9.99. The molecular formula is C6H18NO3PS. The van der Waals surface area contributed by atoms with Crippen molar-refractivity contribution in [3.05, 3.63) is 0 Å². The SMILES string of the molecule is C[PH](C)(C)N(CCO)S(C)(=O)=O. The first kappa shape index (κ1) is 12.3. The third kappa shape index (κ3) is 3.81. The van der Waals surface area contributed by atoms with Gasteiger partial charge in [-0.25, -0.2) is 0 Å². The Morgan fingerprint density at radius 3 is 1.83 bits per heavy atom. The zero-order valence-corrected chi connectivity index (χ0v) is 9.85. The van der Waals surface area contributed by atoms with Gasteiger partial charge in [0.1, 0.15) is 0 Å². The van der Waals surface area contributed by atoms with E-state index < -0.39 is 17.4 Å². The van der Waals surface area contributed by atoms with Gasteiger partial charge in [-0.05, 0) is 0 Å². The molecule has 0 radical (unpaired) electrons. The van der Waals surface area contributed by atoms with E-state index in [-0.39, 0.29) is 13.2 Å². The molecule has 0 aromatic rings. The summed E-state index contributed by atoms with van der Waals surface area (Å²) in [5.41, 5.74) is 0. The van der Waals surface area contributed by atoms with E-state index in [9.17, 15) is 8.42 Å². The summed E-state index contributed by atoms with van der Waals surface area (Å²) in [6.07, 6.45) is 1.18. The van der Waals surface area contributed by atoms with E-state index >= 15 is 0 Å². The first-order valence-electron chi connectivity index (χ1n) is 3.78. The van der Waals surface area contributed by atoms with Crippen LogP contribution in [0, 0.1) is 0 Å². The first-order chi connectivity index (χ1) is 5.19. The van der Waals surface area contributed by atoms with Crippen molar-refractivity contribution in [1.29, 1.82) is 0 Å². The predicted molar refractivity (Wildman–Crippen MR) is 54.7 cm³/mol. The third-order valence-corrected chi connectivity index (χ3v) is 6.79. The van der Waals surface area contributed by atoms with Crippen LogP contribution in [0.1, 0.15) is 0 Å². The molecule has 0 amide bonds. The van der Waals surface area contributed by atoms with E-state index in [0.29, 0.717) is 0 Å². The number of nitrogens with zero attached hydrogens (tertiary/aromatic N) is 1. The van der Waals surface area contributed by atoms with E-state index in [1.54, 1.807) is 0 Å². The third-order valence-electron chi connectivity index (χ3n) is 1.45. The van der Waals surface area contributed by atoms with Crippen LogP contribution in [-0.4, -0.2) is 57.0 Å². The molecule has 0 rings (SSSR count). The molecule has 0 saturated carbocycles. The summed E-state index contributed by atoms with van der Waals surface area (Å²) in [6, 6.07) is 0. The Morgan fingerprint density at radius 1 is 1.33 bits per heavy atom. The van der Waals surface area contributed by atoms with Gasteiger partial charge in [-0.3, -0.25) is 0 Å². The van der Waals surface area contributed by atoms with Crippen molar-refractivity contribution in [3.63, 3.8) is 0 Å². The summed E-state index contributed by atoms with van der Waals surface area (Å²) < 4.78 is 23.9. The van der Waals surface area contributed by atoms with Crippen LogP contribution in [0.2, 0.25) is 0 Å². The van der Waals surface area contributed by atoms with Crippen LogP contribution in [0.4, 0.5) is 0 Å². The Balaban J connectivity index is 4.70. The van der Waals surface area contributed by atoms with Crippen LogP contribution in [0.25, 0.3) is 0 Å². The average Bonchev–Trinajstić information content (AvgIpc) is 1.77. The minimum atomic E-state index is -3.15. The molecule has 0 atom stereocenters. The number of rotatable bonds is 4. The Labute approximate surface area is 75.0 Å². The standard InChI is InChI=1S/C6H18NO3PS/c1-11(2,3)7(5-6-8)12(4,9)10/h8,11H,5-6H2,1-4H3. The fourth-order valence-corrected chi connectivity index (χ4v) is 6.25. The summed E-state index contributed by atoms with van der Waals surface area (Å²) in [6.45, 7) is 5.91. The van der Waals surface area contributed by atoms with E-state index in [2.05, 4.69) is 0 Å². The summed E-state index contributed by atoms with van der Waals surface area (Å²) >= 11 is 0. The van der Waals surface area contributed by atoms with Crippen LogP contribution in [0.3, 0.4) is 0 Å². The van der Waals surface area contributed by atoms with Crippen molar-refractivity contribution in [2.75, 3.05) is 39.4 Å². The minimum absolute atomic E-state index is 0.114. The molecule has 76 valence electrons. The second-order valence-electron chi connectivity index (χ2n) is 3.73. The molecule has 0 aliphatic rings. The second kappa shape index (κ2) is 4.01. The van der Waals surface area contributed by atoms with Gasteiger partial charge in [-0.15, -0.1) is 0 Å². The monoisotopic (exact) mass is 215 g/mol. The second-order valence-corrected chi connectivity index (χ2v) is 10.8. The zero-order valence-electron chi connectivity index (χ0n) is 8.03. The van der Waals surface area contributed by atoms with Crippen molar-refractivity contribution >= 4 is 17.4 Å². The van der Waals surface area contributed by atoms with Crippen molar-refractivity contribution in [2.24, 2.45) is 0 Å². The summed E-state index contributed by atoms with van der Waals surface area (Å²) in [4.78, 5) is 0. The molecule has 0 spiro atoms. The molecule has 4 nitrogen and oxygen atoms in total. The van der Waals surface area contributed by atoms with Crippen LogP contribution in [0.5, 0.6) is 0 Å². The maximum atomic E-state index is 11.2. The van der Waals surface area contributed by atoms with Gasteiger partial charge < -0.3 is 0 Å². The summed E-state index contributed by atoms with van der Waals surface area (Å²) in [5.74, 6) is 0. The number of aliphatic hydroxyl groups is 1. The molecule has 0 aliphatic heterocycles. The topological polar surface area (TPSA) is 57.6 Å². The average molecular weight is 215 g/mol. The van der Waals surface area contributed by atoms with Gasteiger partial charge in [0.15, 0.2) is 0 Å². The fourth-order valence-electron chi connectivity index (χ4n) is 1.09. The van der Waals surface area contributed by atoms with E-state index in [4.69, 9.17) is 5.11 Å². The van der Waals surface area contributed by atoms with Crippen molar-refractivity contribution < 1.29 is 13.5 Å². The Morgan fingerprint density at radius 2 is 1.75 bits per heavy atom. The van der Waals surface area contributed by atoms with Crippen molar-refractivity contribution in [3.8, 4) is 0 Å². The molecule has 0 aromatic heterocycles. The Bertz CT molecular complexity index is 232. The van der Waals surface area contributed by atoms with Crippen LogP contribution in [-0.2, 0) is 10.0 Å². The molecule has 0 aliphatic carbocycles. The fraction of sp³-hybridized carbons (Fsp3) is 1.00. The normalized spacial score (nSPS) is 15.2. The summed E-state index contributed by atoms with van der Waals surface area (Å²) in [5, 5.41) is 8.68. The molecule has 0 heterocycles. The molecular weight excluding hydrogens is 197 g/mol. The number of sulfonamides is 1. The van der Waals surface area contributed by atoms with Crippen LogP contribution < -0.4 is 0 Å². The van der Waals surface area contributed by atoms with Gasteiger partial charge in [-0.1, -0.05) is 0 Å². The molecule has 0 bridgehead atoms. The number of hydrogen-bond donors (Lipinski definition) is 1. The molecule has 12 heavy (non-hydrogen) atoms. The van der Waals surface area contributed by atoms with Crippen LogP contribution in [0.15, 0.2) is 0 Å². The first-order valence-corrected chi connectivity index (χ1v) is 9.08. The summed E-state index contributed by atoms with van der Waals surface area (Å²) in [7, 11) is -5.01. The maximum absolute atomic E-state index is 11.2. The van der Waals surface area contributed by atoms with E-state index in [0.717, 1.165) is 0 Å². The van der Waals surface area contributed by atoms with Gasteiger partial charge in [0.25, 0.3) is 0 Å². The van der Waals surface area contributed by atoms with Gasteiger partial charge in [0, 0.05) is 0 Å². The van der Waals surface area contributed by atoms with Crippen molar-refractivity contribution in [2.45, 2.75) is 0 Å². The van der Waals surface area contributed by atoms with Gasteiger partial charge >= 0.3 is 74.4 Å². The van der Waals surface area contributed by atoms with E-state index in [1.807, 2.05) is 20.0 Å². The van der Waals surface area contributed by atoms with Gasteiger partial charge in [-0.2, -0.15) is 0 Å². The molecule has 0 aromatic carbocycles. The Hall–Kier alpha value is 0.300. The van der Waals surface area contributed by atoms with E-state index in [1.165, 1.54) is 10.3 Å². The van der Waals surface area contributed by atoms with Gasteiger partial charge in [0.2, 0.25) is 0 Å². The molecule has 0 fully saturated rings. The molecule has 1 N–H and O–H groups in total. The quantitative estimate of drug-likeness (QED) is 0.660. The van der Waals surface area contributed by atoms with Gasteiger partial charge in [0.05, 0.1) is 0 Å². The Kier molecular flexibility index (Phi) is 4.11. The van der Waals surface area contributed by atoms with Crippen LogP contribution >= 0.6 is 7.41 Å². The predicted octanol–water partition coefficient (Wildman–Crippen LogP) is -0.205. The molecule has 0 unspecified atom stereocenters. The number of aliphatic hydroxyl groups excluding tert-OH is 1. The number of hydrogen-bond acceptors (Lipinski definition) is 3. The van der Waals surface area contributed by atoms with Crippen molar-refractivity contribution in [1.82, 2.24) is 4.08 Å².